The van der Waals surface area contributed by atoms with Gasteiger partial charge in [0.1, 0.15) is 0 Å². The van der Waals surface area contributed by atoms with Crippen molar-refractivity contribution in [3.8, 4) is 0 Å². The number of nitro groups is 1. The number of rotatable bonds is 6. The fourth-order valence-corrected chi connectivity index (χ4v) is 2.67. The number of carboxylic acids is 1. The first kappa shape index (κ1) is 19.5. The first-order valence-corrected chi connectivity index (χ1v) is 8.60. The maximum Gasteiger partial charge on any atom is 0.337 e. The van der Waals surface area contributed by atoms with E-state index in [2.05, 4.69) is 5.32 Å². The quantitative estimate of drug-likeness (QED) is 0.361. The number of aromatic carboxylic acids is 1. The highest BCUT2D eigenvalue weighted by atomic mass is 16.6. The molecular weight excluding hydrogens is 372 g/mol. The molecule has 144 valence electrons. The minimum Gasteiger partial charge on any atom is -0.478 e. The highest BCUT2D eigenvalue weighted by Crippen LogP contribution is 2.21. The van der Waals surface area contributed by atoms with Crippen LogP contribution in [0.3, 0.4) is 0 Å². The first-order valence-electron chi connectivity index (χ1n) is 8.60. The number of nitro benzene ring substituents is 1. The number of nitrogens with one attached hydrogen (secondary N) is 1. The maximum absolute atomic E-state index is 12.4. The van der Waals surface area contributed by atoms with Crippen LogP contribution in [0.25, 0.3) is 12.2 Å². The second-order valence-corrected chi connectivity index (χ2v) is 6.12. The zero-order valence-electron chi connectivity index (χ0n) is 15.1. The Balaban J connectivity index is 1.88. The average molecular weight is 388 g/mol. The third-order valence-electron chi connectivity index (χ3n) is 4.11. The summed E-state index contributed by atoms with van der Waals surface area (Å²) in [5.74, 6) is -1.59. The van der Waals surface area contributed by atoms with Gasteiger partial charge in [0.05, 0.1) is 16.2 Å². The number of non-ortho nitro benzene ring substituents is 1. The van der Waals surface area contributed by atoms with Gasteiger partial charge in [-0.3, -0.25) is 14.9 Å². The predicted octanol–water partition coefficient (Wildman–Crippen LogP) is 4.72. The molecule has 1 amide bonds. The lowest BCUT2D eigenvalue weighted by Gasteiger charge is -2.10. The van der Waals surface area contributed by atoms with E-state index in [4.69, 9.17) is 0 Å². The van der Waals surface area contributed by atoms with Crippen molar-refractivity contribution in [3.63, 3.8) is 0 Å². The summed E-state index contributed by atoms with van der Waals surface area (Å²) in [6.07, 6.45) is 3.36. The normalized spacial score (nSPS) is 10.6. The number of hydrogen-bond acceptors (Lipinski definition) is 4. The van der Waals surface area contributed by atoms with E-state index in [0.717, 1.165) is 0 Å². The summed E-state index contributed by atoms with van der Waals surface area (Å²) >= 11 is 0. The van der Waals surface area contributed by atoms with Gasteiger partial charge in [-0.2, -0.15) is 0 Å². The summed E-state index contributed by atoms with van der Waals surface area (Å²) < 4.78 is 0. The molecule has 3 rings (SSSR count). The van der Waals surface area contributed by atoms with Gasteiger partial charge in [-0.05, 0) is 35.4 Å². The van der Waals surface area contributed by atoms with Crippen LogP contribution in [0.15, 0.2) is 72.8 Å². The van der Waals surface area contributed by atoms with E-state index in [1.54, 1.807) is 60.7 Å². The first-order chi connectivity index (χ1) is 13.9. The number of nitrogens with zero attached hydrogens (tertiary/aromatic N) is 1. The van der Waals surface area contributed by atoms with Crippen LogP contribution in [-0.2, 0) is 0 Å². The topological polar surface area (TPSA) is 110 Å². The van der Waals surface area contributed by atoms with Gasteiger partial charge in [0.25, 0.3) is 11.6 Å². The molecule has 0 aromatic heterocycles. The Labute approximate surface area is 166 Å². The van der Waals surface area contributed by atoms with Gasteiger partial charge in [0.15, 0.2) is 0 Å². The largest absolute Gasteiger partial charge is 0.478 e. The number of amides is 1. The molecule has 0 aliphatic carbocycles. The minimum atomic E-state index is -1.16. The Kier molecular flexibility index (Phi) is 5.80. The molecule has 0 unspecified atom stereocenters. The summed E-state index contributed by atoms with van der Waals surface area (Å²) in [5, 5.41) is 22.9. The van der Waals surface area contributed by atoms with Gasteiger partial charge >= 0.3 is 5.97 Å². The van der Waals surface area contributed by atoms with Crippen LogP contribution in [0.5, 0.6) is 0 Å². The van der Waals surface area contributed by atoms with Crippen LogP contribution >= 0.6 is 0 Å². The lowest BCUT2D eigenvalue weighted by Crippen LogP contribution is -2.14. The number of carbonyl (C=O) groups excluding carboxylic acids is 1. The van der Waals surface area contributed by atoms with E-state index >= 15 is 0 Å². The van der Waals surface area contributed by atoms with E-state index in [0.29, 0.717) is 16.7 Å². The zero-order chi connectivity index (χ0) is 20.8. The van der Waals surface area contributed by atoms with Gasteiger partial charge < -0.3 is 10.4 Å². The molecule has 7 nitrogen and oxygen atoms in total. The summed E-state index contributed by atoms with van der Waals surface area (Å²) in [5.41, 5.74) is 1.75. The molecule has 0 saturated heterocycles. The molecule has 7 heteroatoms. The van der Waals surface area contributed by atoms with Crippen molar-refractivity contribution in [1.29, 1.82) is 0 Å². The number of anilines is 1. The number of hydrogen-bond donors (Lipinski definition) is 2. The Hall–Kier alpha value is -4.26. The number of carbonyl (C=O) groups is 2. The fourth-order valence-electron chi connectivity index (χ4n) is 2.67. The summed E-state index contributed by atoms with van der Waals surface area (Å²) in [6.45, 7) is 0. The lowest BCUT2D eigenvalue weighted by atomic mass is 10.1. The molecule has 3 aromatic carbocycles. The van der Waals surface area contributed by atoms with Crippen LogP contribution in [0, 0.1) is 10.1 Å². The van der Waals surface area contributed by atoms with Crippen molar-refractivity contribution < 1.29 is 19.6 Å². The van der Waals surface area contributed by atoms with Crippen molar-refractivity contribution in [3.05, 3.63) is 105 Å². The highest BCUT2D eigenvalue weighted by molar-refractivity contribution is 6.08. The molecule has 0 spiro atoms. The third-order valence-corrected chi connectivity index (χ3v) is 4.11. The van der Waals surface area contributed by atoms with Gasteiger partial charge in [-0.25, -0.2) is 4.79 Å². The zero-order valence-corrected chi connectivity index (χ0v) is 15.1. The van der Waals surface area contributed by atoms with E-state index in [9.17, 15) is 24.8 Å². The molecule has 0 radical (unpaired) electrons. The molecule has 0 aliphatic rings. The van der Waals surface area contributed by atoms with Gasteiger partial charge in [-0.15, -0.1) is 0 Å². The number of carboxylic acid groups (broad SMARTS) is 1. The standard InChI is InChI=1S/C22H16N2O5/c25-21(17-6-2-1-3-7-17)23-20-14-16(11-12-19(20)22(26)27)10-9-15-5-4-8-18(13-15)24(28)29/h1-14H,(H,23,25)(H,26,27)/b10-9+. The van der Waals surface area contributed by atoms with Crippen LogP contribution in [-0.4, -0.2) is 21.9 Å². The maximum atomic E-state index is 12.4. The Morgan fingerprint density at radius 3 is 2.24 bits per heavy atom. The van der Waals surface area contributed by atoms with Crippen LogP contribution < -0.4 is 5.32 Å². The molecule has 0 aliphatic heterocycles. The molecule has 0 heterocycles. The van der Waals surface area contributed by atoms with Crippen molar-refractivity contribution >= 4 is 35.4 Å². The summed E-state index contributed by atoms with van der Waals surface area (Å²) in [4.78, 5) is 34.3. The van der Waals surface area contributed by atoms with E-state index in [-0.39, 0.29) is 16.9 Å². The Morgan fingerprint density at radius 2 is 1.59 bits per heavy atom. The van der Waals surface area contributed by atoms with Crippen LogP contribution in [0.1, 0.15) is 31.8 Å². The van der Waals surface area contributed by atoms with Crippen LogP contribution in [0.4, 0.5) is 11.4 Å². The molecule has 29 heavy (non-hydrogen) atoms. The summed E-state index contributed by atoms with van der Waals surface area (Å²) in [7, 11) is 0. The SMILES string of the molecule is O=C(Nc1cc(/C=C/c2cccc([N+](=O)[O-])c2)ccc1C(=O)O)c1ccccc1. The highest BCUT2D eigenvalue weighted by Gasteiger charge is 2.14. The molecule has 0 saturated carbocycles. The molecular formula is C22H16N2O5. The smallest absolute Gasteiger partial charge is 0.337 e. The molecule has 0 fully saturated rings. The number of benzene rings is 3. The second-order valence-electron chi connectivity index (χ2n) is 6.12. The van der Waals surface area contributed by atoms with Crippen molar-refractivity contribution in [2.45, 2.75) is 0 Å². The minimum absolute atomic E-state index is 0.0239. The molecule has 3 aromatic rings. The third kappa shape index (κ3) is 4.92. The molecule has 0 bridgehead atoms. The van der Waals surface area contributed by atoms with Gasteiger partial charge in [0, 0.05) is 17.7 Å². The predicted molar refractivity (Wildman–Crippen MR) is 110 cm³/mol. The lowest BCUT2D eigenvalue weighted by molar-refractivity contribution is -0.384. The van der Waals surface area contributed by atoms with E-state index in [1.807, 2.05) is 0 Å². The molecule has 0 atom stereocenters. The Morgan fingerprint density at radius 1 is 0.897 bits per heavy atom. The fraction of sp³-hybridized carbons (Fsp3) is 0. The average Bonchev–Trinajstić information content (AvgIpc) is 2.73. The Bertz CT molecular complexity index is 1110. The van der Waals surface area contributed by atoms with E-state index in [1.165, 1.54) is 24.3 Å². The van der Waals surface area contributed by atoms with Crippen LogP contribution in [0.2, 0.25) is 0 Å². The monoisotopic (exact) mass is 388 g/mol. The van der Waals surface area contributed by atoms with Gasteiger partial charge in [-0.1, -0.05) is 48.6 Å². The van der Waals surface area contributed by atoms with Crippen molar-refractivity contribution in [2.75, 3.05) is 5.32 Å². The summed E-state index contributed by atoms with van der Waals surface area (Å²) in [6, 6.07) is 19.1. The van der Waals surface area contributed by atoms with Gasteiger partial charge in [0.2, 0.25) is 0 Å². The molecule has 2 N–H and O–H groups in total. The second kappa shape index (κ2) is 8.62. The van der Waals surface area contributed by atoms with Crippen molar-refractivity contribution in [1.82, 2.24) is 0 Å². The van der Waals surface area contributed by atoms with Crippen molar-refractivity contribution in [2.24, 2.45) is 0 Å². The van der Waals surface area contributed by atoms with E-state index < -0.39 is 16.8 Å².